The number of benzene rings is 2. The van der Waals surface area contributed by atoms with Crippen LogP contribution in [0, 0.1) is 0 Å². The second kappa shape index (κ2) is 7.02. The van der Waals surface area contributed by atoms with Crippen molar-refractivity contribution in [2.45, 2.75) is 38.3 Å². The molecule has 0 aromatic heterocycles. The maximum atomic E-state index is 6.06. The van der Waals surface area contributed by atoms with Gasteiger partial charge in [-0.1, -0.05) is 44.2 Å². The summed E-state index contributed by atoms with van der Waals surface area (Å²) in [5.74, 6) is 1.44. The summed E-state index contributed by atoms with van der Waals surface area (Å²) in [4.78, 5) is 0. The number of rotatable bonds is 5. The maximum absolute atomic E-state index is 6.06. The average Bonchev–Trinajstić information content (AvgIpc) is 3.02. The Morgan fingerprint density at radius 1 is 1.13 bits per heavy atom. The van der Waals surface area contributed by atoms with Crippen LogP contribution in [-0.2, 0) is 0 Å². The van der Waals surface area contributed by atoms with Crippen LogP contribution in [0.2, 0.25) is 0 Å². The zero-order valence-electron chi connectivity index (χ0n) is 13.8. The zero-order valence-corrected chi connectivity index (χ0v) is 13.8. The van der Waals surface area contributed by atoms with Gasteiger partial charge in [-0.25, -0.2) is 5.43 Å². The van der Waals surface area contributed by atoms with E-state index in [0.29, 0.717) is 12.5 Å². The lowest BCUT2D eigenvalue weighted by Crippen LogP contribution is -2.34. The molecular formula is C19H25N3O. The lowest BCUT2D eigenvalue weighted by Gasteiger charge is -2.16. The third kappa shape index (κ3) is 3.84. The number of hydrazine groups is 1. The molecular weight excluding hydrogens is 286 g/mol. The fourth-order valence-corrected chi connectivity index (χ4v) is 3.01. The van der Waals surface area contributed by atoms with Crippen LogP contribution in [-0.4, -0.2) is 12.6 Å². The summed E-state index contributed by atoms with van der Waals surface area (Å²) in [6, 6.07) is 16.9. The van der Waals surface area contributed by atoms with Crippen LogP contribution in [0.1, 0.15) is 43.4 Å². The molecule has 4 heteroatoms. The van der Waals surface area contributed by atoms with Crippen LogP contribution in [0.25, 0.3) is 0 Å². The van der Waals surface area contributed by atoms with E-state index in [1.807, 2.05) is 30.3 Å². The number of nitrogens with one attached hydrogen (secondary N) is 2. The molecule has 0 amide bonds. The highest BCUT2D eigenvalue weighted by molar-refractivity contribution is 5.42. The topological polar surface area (TPSA) is 59.3 Å². The van der Waals surface area contributed by atoms with Crippen LogP contribution in [0.3, 0.4) is 0 Å². The highest BCUT2D eigenvalue weighted by atomic mass is 16.5. The largest absolute Gasteiger partial charge is 0.492 e. The van der Waals surface area contributed by atoms with E-state index in [0.717, 1.165) is 17.9 Å². The molecule has 0 saturated carbocycles. The summed E-state index contributed by atoms with van der Waals surface area (Å²) < 4.78 is 6.06. The van der Waals surface area contributed by atoms with Gasteiger partial charge in [0, 0.05) is 11.7 Å². The Bertz CT molecular complexity index is 657. The third-order valence-electron chi connectivity index (χ3n) is 4.28. The van der Waals surface area contributed by atoms with E-state index in [2.05, 4.69) is 42.9 Å². The van der Waals surface area contributed by atoms with Gasteiger partial charge in [0.1, 0.15) is 12.4 Å². The molecule has 2 aromatic carbocycles. The van der Waals surface area contributed by atoms with Gasteiger partial charge in [-0.3, -0.25) is 5.43 Å². The molecule has 2 atom stereocenters. The maximum Gasteiger partial charge on any atom is 0.122 e. The van der Waals surface area contributed by atoms with E-state index in [4.69, 9.17) is 10.5 Å². The molecule has 23 heavy (non-hydrogen) atoms. The Kier molecular flexibility index (Phi) is 4.84. The molecule has 1 saturated heterocycles. The highest BCUT2D eigenvalue weighted by Gasteiger charge is 2.25. The van der Waals surface area contributed by atoms with E-state index < -0.39 is 0 Å². The summed E-state index contributed by atoms with van der Waals surface area (Å²) in [5, 5.41) is 0. The molecule has 4 N–H and O–H groups in total. The molecule has 1 aliphatic heterocycles. The standard InChI is InChI=1S/C19H25N3O/c1-13(2)17-8-3-4-9-19(17)23-12-16-11-18(22-21-16)14-6-5-7-15(20)10-14/h3-10,13,16,18,21-22H,11-12,20H2,1-2H3. The number of nitrogen functional groups attached to an aromatic ring is 1. The number of para-hydroxylation sites is 1. The predicted octanol–water partition coefficient (Wildman–Crippen LogP) is 3.38. The smallest absolute Gasteiger partial charge is 0.122 e. The first-order chi connectivity index (χ1) is 11.1. The number of anilines is 1. The number of hydrogen-bond acceptors (Lipinski definition) is 4. The molecule has 2 unspecified atom stereocenters. The molecule has 3 rings (SSSR count). The van der Waals surface area contributed by atoms with Gasteiger partial charge in [-0.2, -0.15) is 0 Å². The van der Waals surface area contributed by atoms with Gasteiger partial charge < -0.3 is 10.5 Å². The van der Waals surface area contributed by atoms with Gasteiger partial charge in [0.15, 0.2) is 0 Å². The normalized spacial score (nSPS) is 20.8. The minimum Gasteiger partial charge on any atom is -0.492 e. The summed E-state index contributed by atoms with van der Waals surface area (Å²) in [6.45, 7) is 5.02. The quantitative estimate of drug-likeness (QED) is 0.741. The van der Waals surface area contributed by atoms with Crippen LogP contribution in [0.15, 0.2) is 48.5 Å². The summed E-state index contributed by atoms with van der Waals surface area (Å²) >= 11 is 0. The van der Waals surface area contributed by atoms with Crippen molar-refractivity contribution in [2.75, 3.05) is 12.3 Å². The van der Waals surface area contributed by atoms with Crippen molar-refractivity contribution >= 4 is 5.69 Å². The molecule has 1 aliphatic rings. The lowest BCUT2D eigenvalue weighted by atomic mass is 10.0. The van der Waals surface area contributed by atoms with Crippen LogP contribution < -0.4 is 21.3 Å². The Balaban J connectivity index is 1.59. The van der Waals surface area contributed by atoms with Crippen molar-refractivity contribution in [3.63, 3.8) is 0 Å². The lowest BCUT2D eigenvalue weighted by molar-refractivity contribution is 0.269. The van der Waals surface area contributed by atoms with Crippen molar-refractivity contribution in [3.05, 3.63) is 59.7 Å². The minimum atomic E-state index is 0.271. The molecule has 0 aliphatic carbocycles. The first-order valence-corrected chi connectivity index (χ1v) is 8.21. The Morgan fingerprint density at radius 3 is 2.74 bits per heavy atom. The van der Waals surface area contributed by atoms with Crippen molar-refractivity contribution in [1.29, 1.82) is 0 Å². The monoisotopic (exact) mass is 311 g/mol. The van der Waals surface area contributed by atoms with Crippen molar-refractivity contribution in [1.82, 2.24) is 10.9 Å². The van der Waals surface area contributed by atoms with Gasteiger partial charge in [-0.15, -0.1) is 0 Å². The van der Waals surface area contributed by atoms with Crippen molar-refractivity contribution in [2.24, 2.45) is 0 Å². The average molecular weight is 311 g/mol. The van der Waals surface area contributed by atoms with E-state index >= 15 is 0 Å². The van der Waals surface area contributed by atoms with Gasteiger partial charge in [-0.05, 0) is 41.7 Å². The third-order valence-corrected chi connectivity index (χ3v) is 4.28. The van der Waals surface area contributed by atoms with Crippen LogP contribution >= 0.6 is 0 Å². The second-order valence-electron chi connectivity index (χ2n) is 6.45. The van der Waals surface area contributed by atoms with E-state index in [-0.39, 0.29) is 12.1 Å². The Hall–Kier alpha value is -2.04. The van der Waals surface area contributed by atoms with Gasteiger partial charge in [0.05, 0.1) is 6.04 Å². The molecule has 2 aromatic rings. The summed E-state index contributed by atoms with van der Waals surface area (Å²) in [6.07, 6.45) is 0.979. The van der Waals surface area contributed by atoms with E-state index in [1.54, 1.807) is 0 Å². The molecule has 4 nitrogen and oxygen atoms in total. The molecule has 1 fully saturated rings. The number of hydrogen-bond donors (Lipinski definition) is 3. The van der Waals surface area contributed by atoms with Crippen molar-refractivity contribution < 1.29 is 4.74 Å². The summed E-state index contributed by atoms with van der Waals surface area (Å²) in [5.41, 5.74) is 15.8. The van der Waals surface area contributed by atoms with Crippen LogP contribution in [0.5, 0.6) is 5.75 Å². The number of nitrogens with two attached hydrogens (primary N) is 1. The van der Waals surface area contributed by atoms with E-state index in [9.17, 15) is 0 Å². The Morgan fingerprint density at radius 2 is 1.96 bits per heavy atom. The van der Waals surface area contributed by atoms with E-state index in [1.165, 1.54) is 11.1 Å². The molecule has 0 bridgehead atoms. The summed E-state index contributed by atoms with van der Waals surface area (Å²) in [7, 11) is 0. The molecule has 0 spiro atoms. The minimum absolute atomic E-state index is 0.271. The second-order valence-corrected chi connectivity index (χ2v) is 6.45. The highest BCUT2D eigenvalue weighted by Crippen LogP contribution is 2.27. The fraction of sp³-hybridized carbons (Fsp3) is 0.368. The first-order valence-electron chi connectivity index (χ1n) is 8.21. The fourth-order valence-electron chi connectivity index (χ4n) is 3.01. The number of ether oxygens (including phenoxy) is 1. The SMILES string of the molecule is CC(C)c1ccccc1OCC1CC(c2cccc(N)c2)NN1. The van der Waals surface area contributed by atoms with Gasteiger partial charge >= 0.3 is 0 Å². The predicted molar refractivity (Wildman–Crippen MR) is 94.3 cm³/mol. The molecule has 1 heterocycles. The van der Waals surface area contributed by atoms with Crippen molar-refractivity contribution in [3.8, 4) is 5.75 Å². The van der Waals surface area contributed by atoms with Crippen LogP contribution in [0.4, 0.5) is 5.69 Å². The molecule has 0 radical (unpaired) electrons. The van der Waals surface area contributed by atoms with Gasteiger partial charge in [0.2, 0.25) is 0 Å². The molecule has 122 valence electrons. The Labute approximate surface area is 138 Å². The zero-order chi connectivity index (χ0) is 16.2. The first kappa shape index (κ1) is 15.8. The van der Waals surface area contributed by atoms with Gasteiger partial charge in [0.25, 0.3) is 0 Å².